The number of aromatic nitrogens is 5. The quantitative estimate of drug-likeness (QED) is 0.493. The molecule has 0 unspecified atom stereocenters. The summed E-state index contributed by atoms with van der Waals surface area (Å²) >= 11 is 0. The summed E-state index contributed by atoms with van der Waals surface area (Å²) < 4.78 is 6.73. The van der Waals surface area contributed by atoms with E-state index in [9.17, 15) is 14.9 Å². The Hall–Kier alpha value is -3.76. The van der Waals surface area contributed by atoms with Gasteiger partial charge in [0.15, 0.2) is 5.69 Å². The number of nitro groups is 1. The molecule has 0 aliphatic carbocycles. The van der Waals surface area contributed by atoms with Crippen LogP contribution in [0.3, 0.4) is 0 Å². The molecular formula is C14H13N7O4. The maximum atomic E-state index is 11.4. The monoisotopic (exact) mass is 343 g/mol. The van der Waals surface area contributed by atoms with Crippen molar-refractivity contribution in [3.63, 3.8) is 0 Å². The maximum absolute atomic E-state index is 11.4. The Bertz CT molecular complexity index is 946. The van der Waals surface area contributed by atoms with E-state index in [-0.39, 0.29) is 18.1 Å². The van der Waals surface area contributed by atoms with Crippen LogP contribution >= 0.6 is 0 Å². The van der Waals surface area contributed by atoms with Crippen LogP contribution in [0.2, 0.25) is 0 Å². The zero-order valence-electron chi connectivity index (χ0n) is 13.0. The second kappa shape index (κ2) is 6.39. The van der Waals surface area contributed by atoms with Crippen molar-refractivity contribution >= 4 is 11.7 Å². The number of carbonyl (C=O) groups is 1. The predicted octanol–water partition coefficient (Wildman–Crippen LogP) is 0.732. The van der Waals surface area contributed by atoms with E-state index >= 15 is 0 Å². The van der Waals surface area contributed by atoms with Gasteiger partial charge in [-0.3, -0.25) is 4.79 Å². The highest BCUT2D eigenvalue weighted by Crippen LogP contribution is 2.27. The summed E-state index contributed by atoms with van der Waals surface area (Å²) in [4.78, 5) is 21.6. The highest BCUT2D eigenvalue weighted by atomic mass is 16.6. The first-order valence-electron chi connectivity index (χ1n) is 7.05. The number of ether oxygens (including phenoxy) is 1. The summed E-state index contributed by atoms with van der Waals surface area (Å²) in [7, 11) is 1.51. The summed E-state index contributed by atoms with van der Waals surface area (Å²) in [6.45, 7) is 0.231. The van der Waals surface area contributed by atoms with E-state index in [1.165, 1.54) is 24.1 Å². The van der Waals surface area contributed by atoms with Crippen LogP contribution in [-0.4, -0.2) is 43.1 Å². The minimum Gasteiger partial charge on any atom is -0.496 e. The molecule has 0 radical (unpaired) electrons. The Labute approximate surface area is 140 Å². The summed E-state index contributed by atoms with van der Waals surface area (Å²) in [5, 5.41) is 24.7. The van der Waals surface area contributed by atoms with E-state index < -0.39 is 10.8 Å². The van der Waals surface area contributed by atoms with Gasteiger partial charge in [0.05, 0.1) is 31.0 Å². The van der Waals surface area contributed by atoms with Gasteiger partial charge in [-0.25, -0.2) is 0 Å². The first-order chi connectivity index (χ1) is 12.0. The molecule has 1 amide bonds. The average molecular weight is 343 g/mol. The molecule has 0 atom stereocenters. The summed E-state index contributed by atoms with van der Waals surface area (Å²) in [6.07, 6.45) is 1.50. The summed E-state index contributed by atoms with van der Waals surface area (Å²) in [6, 6.07) is 6.44. The van der Waals surface area contributed by atoms with Crippen molar-refractivity contribution in [3.05, 3.63) is 51.8 Å². The van der Waals surface area contributed by atoms with E-state index in [1.807, 2.05) is 0 Å². The fraction of sp³-hybridized carbons (Fsp3) is 0.143. The van der Waals surface area contributed by atoms with Gasteiger partial charge in [0, 0.05) is 11.1 Å². The number of nitrogens with zero attached hydrogens (tertiary/aromatic N) is 5. The normalized spacial score (nSPS) is 10.6. The molecule has 3 aromatic rings. The smallest absolute Gasteiger partial charge is 0.389 e. The number of nitrogens with one attached hydrogen (secondary N) is 1. The molecule has 2 aromatic heterocycles. The van der Waals surface area contributed by atoms with Gasteiger partial charge >= 0.3 is 5.82 Å². The lowest BCUT2D eigenvalue weighted by Crippen LogP contribution is -2.13. The Morgan fingerprint density at radius 1 is 1.40 bits per heavy atom. The van der Waals surface area contributed by atoms with Gasteiger partial charge in [-0.1, -0.05) is 0 Å². The van der Waals surface area contributed by atoms with Gasteiger partial charge in [-0.2, -0.15) is 20.1 Å². The van der Waals surface area contributed by atoms with E-state index in [1.54, 1.807) is 18.2 Å². The topological polar surface area (TPSA) is 155 Å². The third kappa shape index (κ3) is 3.15. The van der Waals surface area contributed by atoms with Gasteiger partial charge in [0.25, 0.3) is 5.91 Å². The van der Waals surface area contributed by atoms with Crippen molar-refractivity contribution in [1.29, 1.82) is 0 Å². The lowest BCUT2D eigenvalue weighted by Gasteiger charge is -2.09. The minimum absolute atomic E-state index is 0.0193. The Balaban J connectivity index is 1.98. The fourth-order valence-electron chi connectivity index (χ4n) is 2.36. The largest absolute Gasteiger partial charge is 0.496 e. The van der Waals surface area contributed by atoms with Crippen LogP contribution in [0.25, 0.3) is 11.3 Å². The van der Waals surface area contributed by atoms with Gasteiger partial charge in [0.1, 0.15) is 11.4 Å². The number of aromatic amines is 1. The van der Waals surface area contributed by atoms with Gasteiger partial charge in [-0.15, -0.1) is 0 Å². The third-order valence-electron chi connectivity index (χ3n) is 3.48. The average Bonchev–Trinajstić information content (AvgIpc) is 3.24. The number of hydrogen-bond donors (Lipinski definition) is 2. The molecule has 2 heterocycles. The SMILES string of the molecule is COc1ccc(-c2n[nH]nc2C(N)=O)cc1Cn1ccc([N+](=O)[O-])n1. The number of methoxy groups -OCH3 is 1. The fourth-order valence-corrected chi connectivity index (χ4v) is 2.36. The predicted molar refractivity (Wildman–Crippen MR) is 84.9 cm³/mol. The molecule has 0 aliphatic heterocycles. The van der Waals surface area contributed by atoms with Crippen LogP contribution in [0.15, 0.2) is 30.5 Å². The molecule has 128 valence electrons. The molecule has 0 saturated carbocycles. The maximum Gasteiger partial charge on any atom is 0.389 e. The highest BCUT2D eigenvalue weighted by Gasteiger charge is 2.18. The van der Waals surface area contributed by atoms with Crippen LogP contribution in [0, 0.1) is 10.1 Å². The van der Waals surface area contributed by atoms with E-state index in [0.717, 1.165) is 0 Å². The van der Waals surface area contributed by atoms with E-state index in [4.69, 9.17) is 10.5 Å². The Morgan fingerprint density at radius 3 is 2.84 bits per heavy atom. The number of nitrogens with two attached hydrogens (primary N) is 1. The lowest BCUT2D eigenvalue weighted by molar-refractivity contribution is -0.389. The standard InChI is InChI=1S/C14H13N7O4/c1-25-10-3-2-8(12-13(14(15)22)17-19-16-12)6-9(10)7-20-5-4-11(18-20)21(23)24/h2-6H,7H2,1H3,(H2,15,22)(H,16,17,19). The number of rotatable bonds is 6. The summed E-state index contributed by atoms with van der Waals surface area (Å²) in [5.74, 6) is -0.391. The van der Waals surface area contributed by atoms with Crippen molar-refractivity contribution < 1.29 is 14.5 Å². The number of H-pyrrole nitrogens is 1. The highest BCUT2D eigenvalue weighted by molar-refractivity contribution is 5.96. The molecule has 25 heavy (non-hydrogen) atoms. The Morgan fingerprint density at radius 2 is 2.20 bits per heavy atom. The second-order valence-corrected chi connectivity index (χ2v) is 5.04. The Kier molecular flexibility index (Phi) is 4.12. The number of primary amides is 1. The molecular weight excluding hydrogens is 330 g/mol. The van der Waals surface area contributed by atoms with Crippen LogP contribution in [0.1, 0.15) is 16.1 Å². The number of benzene rings is 1. The molecule has 3 N–H and O–H groups in total. The van der Waals surface area contributed by atoms with Gasteiger partial charge < -0.3 is 20.6 Å². The molecule has 0 spiro atoms. The van der Waals surface area contributed by atoms with Crippen molar-refractivity contribution in [2.24, 2.45) is 5.73 Å². The number of hydrogen-bond acceptors (Lipinski definition) is 7. The molecule has 0 aliphatic rings. The molecule has 0 fully saturated rings. The first kappa shape index (κ1) is 16.1. The first-order valence-corrected chi connectivity index (χ1v) is 7.05. The minimum atomic E-state index is -0.705. The molecule has 0 bridgehead atoms. The number of amides is 1. The van der Waals surface area contributed by atoms with Crippen LogP contribution in [0.5, 0.6) is 5.75 Å². The zero-order valence-corrected chi connectivity index (χ0v) is 13.0. The summed E-state index contributed by atoms with van der Waals surface area (Å²) in [5.41, 5.74) is 6.90. The molecule has 1 aromatic carbocycles. The van der Waals surface area contributed by atoms with Crippen molar-refractivity contribution in [3.8, 4) is 17.0 Å². The zero-order chi connectivity index (χ0) is 18.0. The lowest BCUT2D eigenvalue weighted by atomic mass is 10.1. The van der Waals surface area contributed by atoms with Crippen molar-refractivity contribution in [2.45, 2.75) is 6.54 Å². The molecule has 11 nitrogen and oxygen atoms in total. The van der Waals surface area contributed by atoms with Gasteiger partial charge in [-0.05, 0) is 23.1 Å². The van der Waals surface area contributed by atoms with Crippen LogP contribution < -0.4 is 10.5 Å². The van der Waals surface area contributed by atoms with E-state index in [0.29, 0.717) is 22.6 Å². The number of carbonyl (C=O) groups excluding carboxylic acids is 1. The van der Waals surface area contributed by atoms with Crippen molar-refractivity contribution in [2.75, 3.05) is 7.11 Å². The second-order valence-electron chi connectivity index (χ2n) is 5.04. The van der Waals surface area contributed by atoms with E-state index in [2.05, 4.69) is 20.5 Å². The molecule has 11 heteroatoms. The third-order valence-corrected chi connectivity index (χ3v) is 3.48. The van der Waals surface area contributed by atoms with Crippen LogP contribution in [-0.2, 0) is 6.54 Å². The molecule has 0 saturated heterocycles. The van der Waals surface area contributed by atoms with Crippen LogP contribution in [0.4, 0.5) is 5.82 Å². The van der Waals surface area contributed by atoms with Crippen molar-refractivity contribution in [1.82, 2.24) is 25.2 Å². The molecule has 3 rings (SSSR count). The van der Waals surface area contributed by atoms with Gasteiger partial charge in [0.2, 0.25) is 0 Å².